The molecule has 0 bridgehead atoms. The Morgan fingerprint density at radius 2 is 1.65 bits per heavy atom. The van der Waals surface area contributed by atoms with E-state index in [1.807, 2.05) is 24.3 Å². The van der Waals surface area contributed by atoms with E-state index >= 15 is 0 Å². The van der Waals surface area contributed by atoms with E-state index in [4.69, 9.17) is 15.9 Å². The second kappa shape index (κ2) is 12.6. The predicted molar refractivity (Wildman–Crippen MR) is 125 cm³/mol. The van der Waals surface area contributed by atoms with Crippen LogP contribution in [0, 0.1) is 0 Å². The number of nitrogens with one attached hydrogen (secondary N) is 4. The highest BCUT2D eigenvalue weighted by Crippen LogP contribution is 2.18. The highest BCUT2D eigenvalue weighted by Gasteiger charge is 2.28. The number of aromatic nitrogens is 1. The van der Waals surface area contributed by atoms with Gasteiger partial charge in [-0.15, -0.1) is 0 Å². The van der Waals surface area contributed by atoms with Gasteiger partial charge < -0.3 is 36.9 Å². The zero-order chi connectivity index (χ0) is 25.3. The summed E-state index contributed by atoms with van der Waals surface area (Å²) in [5.41, 5.74) is 7.76. The third-order valence-electron chi connectivity index (χ3n) is 4.96. The lowest BCUT2D eigenvalue weighted by Crippen LogP contribution is -2.57. The van der Waals surface area contributed by atoms with Crippen LogP contribution in [0.2, 0.25) is 0 Å². The third kappa shape index (κ3) is 7.78. The zero-order valence-electron chi connectivity index (χ0n) is 18.1. The van der Waals surface area contributed by atoms with Crippen LogP contribution in [-0.4, -0.2) is 75.3 Å². The van der Waals surface area contributed by atoms with Crippen LogP contribution in [-0.2, 0) is 30.4 Å². The van der Waals surface area contributed by atoms with Gasteiger partial charge in [-0.3, -0.25) is 24.0 Å². The smallest absolute Gasteiger partial charge is 0.322 e. The molecular formula is C21H27N5O7S. The van der Waals surface area contributed by atoms with Gasteiger partial charge in [-0.1, -0.05) is 18.2 Å². The molecule has 2 rings (SSSR count). The number of aliphatic carboxylic acids is 2. The van der Waals surface area contributed by atoms with Crippen molar-refractivity contribution in [1.82, 2.24) is 20.9 Å². The number of para-hydroxylation sites is 1. The maximum absolute atomic E-state index is 12.7. The fourth-order valence-electron chi connectivity index (χ4n) is 3.20. The molecule has 0 saturated carbocycles. The van der Waals surface area contributed by atoms with Crippen molar-refractivity contribution in [2.75, 3.05) is 12.3 Å². The summed E-state index contributed by atoms with van der Waals surface area (Å²) in [6, 6.07) is 4.06. The lowest BCUT2D eigenvalue weighted by Gasteiger charge is -2.23. The number of aromatic amines is 1. The average Bonchev–Trinajstić information content (AvgIpc) is 3.20. The van der Waals surface area contributed by atoms with Gasteiger partial charge in [0.1, 0.15) is 18.6 Å². The first-order valence-corrected chi connectivity index (χ1v) is 11.0. The zero-order valence-corrected chi connectivity index (χ0v) is 19.0. The normalized spacial score (nSPS) is 13.5. The molecule has 0 aliphatic carbocycles. The van der Waals surface area contributed by atoms with Crippen LogP contribution in [0.3, 0.4) is 0 Å². The van der Waals surface area contributed by atoms with E-state index in [2.05, 4.69) is 33.6 Å². The van der Waals surface area contributed by atoms with Crippen LogP contribution in [0.15, 0.2) is 30.5 Å². The summed E-state index contributed by atoms with van der Waals surface area (Å²) in [5, 5.41) is 25.4. The summed E-state index contributed by atoms with van der Waals surface area (Å²) in [6.45, 7) is -0.701. The number of carboxylic acids is 2. The topological polar surface area (TPSA) is 204 Å². The van der Waals surface area contributed by atoms with Crippen molar-refractivity contribution in [1.29, 1.82) is 0 Å². The first-order chi connectivity index (χ1) is 16.1. The van der Waals surface area contributed by atoms with Crippen LogP contribution >= 0.6 is 12.6 Å². The number of hydrogen-bond donors (Lipinski definition) is 8. The molecule has 34 heavy (non-hydrogen) atoms. The summed E-state index contributed by atoms with van der Waals surface area (Å²) < 4.78 is 0. The molecule has 0 aliphatic rings. The Labute approximate surface area is 200 Å². The number of H-pyrrole nitrogens is 1. The van der Waals surface area contributed by atoms with E-state index in [0.29, 0.717) is 0 Å². The maximum Gasteiger partial charge on any atom is 0.322 e. The second-order valence-electron chi connectivity index (χ2n) is 7.52. The van der Waals surface area contributed by atoms with Gasteiger partial charge in [-0.2, -0.15) is 12.6 Å². The van der Waals surface area contributed by atoms with Crippen LogP contribution in [0.5, 0.6) is 0 Å². The van der Waals surface area contributed by atoms with Crippen LogP contribution in [0.25, 0.3) is 10.9 Å². The molecule has 3 amide bonds. The molecule has 0 spiro atoms. The SMILES string of the molecule is NC(Cc1c[nH]c2ccccc12)C(=O)NC(CS)C(=O)NC(CCC(=O)O)C(=O)NCC(=O)O. The molecule has 8 N–H and O–H groups in total. The first-order valence-electron chi connectivity index (χ1n) is 10.4. The van der Waals surface area contributed by atoms with Crippen molar-refractivity contribution in [2.45, 2.75) is 37.4 Å². The third-order valence-corrected chi connectivity index (χ3v) is 5.33. The number of hydrogen-bond acceptors (Lipinski definition) is 7. The number of nitrogens with two attached hydrogens (primary N) is 1. The summed E-state index contributed by atoms with van der Waals surface area (Å²) in [6.07, 6.45) is 1.23. The van der Waals surface area contributed by atoms with Gasteiger partial charge in [0.15, 0.2) is 0 Å². The Balaban J connectivity index is 2.00. The Bertz CT molecular complexity index is 1060. The lowest BCUT2D eigenvalue weighted by atomic mass is 10.0. The number of amides is 3. The van der Waals surface area contributed by atoms with Crippen molar-refractivity contribution in [3.8, 4) is 0 Å². The molecule has 184 valence electrons. The van der Waals surface area contributed by atoms with Gasteiger partial charge in [-0.25, -0.2) is 0 Å². The number of carboxylic acid groups (broad SMARTS) is 2. The molecule has 12 nitrogen and oxygen atoms in total. The van der Waals surface area contributed by atoms with Crippen molar-refractivity contribution in [3.05, 3.63) is 36.0 Å². The van der Waals surface area contributed by atoms with Crippen LogP contribution in [0.4, 0.5) is 0 Å². The monoisotopic (exact) mass is 493 g/mol. The van der Waals surface area contributed by atoms with Crippen LogP contribution < -0.4 is 21.7 Å². The quantitative estimate of drug-likeness (QED) is 0.162. The van der Waals surface area contributed by atoms with Gasteiger partial charge in [0.25, 0.3) is 0 Å². The molecule has 1 aromatic heterocycles. The second-order valence-corrected chi connectivity index (χ2v) is 7.88. The Morgan fingerprint density at radius 3 is 2.29 bits per heavy atom. The highest BCUT2D eigenvalue weighted by molar-refractivity contribution is 7.80. The standard InChI is InChI=1S/C21H27N5O7S/c22-13(7-11-8-23-14-4-2-1-3-12(11)14)19(31)26-16(10-34)21(33)25-15(5-6-17(27)28)20(32)24-9-18(29)30/h1-4,8,13,15-16,23,34H,5-7,9-10,22H2,(H,24,32)(H,25,33)(H,26,31)(H,27,28)(H,29,30). The number of carbonyl (C=O) groups is 5. The summed E-state index contributed by atoms with van der Waals surface area (Å²) in [7, 11) is 0. The largest absolute Gasteiger partial charge is 0.481 e. The van der Waals surface area contributed by atoms with E-state index in [0.717, 1.165) is 16.5 Å². The Hall–Kier alpha value is -3.58. The first kappa shape index (κ1) is 26.7. The summed E-state index contributed by atoms with van der Waals surface area (Å²) >= 11 is 4.07. The van der Waals surface area contributed by atoms with E-state index < -0.39 is 60.8 Å². The molecular weight excluding hydrogens is 466 g/mol. The molecule has 2 aromatic rings. The molecule has 1 aromatic carbocycles. The molecule has 3 unspecified atom stereocenters. The van der Waals surface area contributed by atoms with E-state index in [1.165, 1.54) is 0 Å². The fourth-order valence-corrected chi connectivity index (χ4v) is 3.45. The lowest BCUT2D eigenvalue weighted by molar-refractivity contribution is -0.140. The molecule has 0 fully saturated rings. The number of fused-ring (bicyclic) bond motifs is 1. The van der Waals surface area contributed by atoms with Gasteiger partial charge in [0.05, 0.1) is 6.04 Å². The Kier molecular flexibility index (Phi) is 9.89. The van der Waals surface area contributed by atoms with E-state index in [-0.39, 0.29) is 18.6 Å². The number of benzene rings is 1. The molecule has 0 saturated heterocycles. The molecule has 0 aliphatic heterocycles. The van der Waals surface area contributed by atoms with E-state index in [9.17, 15) is 24.0 Å². The molecule has 0 radical (unpaired) electrons. The molecule has 13 heteroatoms. The minimum absolute atomic E-state index is 0.125. The van der Waals surface area contributed by atoms with Crippen molar-refractivity contribution < 1.29 is 34.2 Å². The molecule has 3 atom stereocenters. The predicted octanol–water partition coefficient (Wildman–Crippen LogP) is -0.997. The fraction of sp³-hybridized carbons (Fsp3) is 0.381. The van der Waals surface area contributed by atoms with Gasteiger partial charge in [-0.05, 0) is 24.5 Å². The van der Waals surface area contributed by atoms with Gasteiger partial charge in [0, 0.05) is 29.3 Å². The minimum Gasteiger partial charge on any atom is -0.481 e. The summed E-state index contributed by atoms with van der Waals surface area (Å²) in [4.78, 5) is 62.1. The maximum atomic E-state index is 12.7. The molecule has 1 heterocycles. The Morgan fingerprint density at radius 1 is 0.971 bits per heavy atom. The number of thiol groups is 1. The van der Waals surface area contributed by atoms with Gasteiger partial charge in [0.2, 0.25) is 17.7 Å². The average molecular weight is 494 g/mol. The number of rotatable bonds is 13. The van der Waals surface area contributed by atoms with Gasteiger partial charge >= 0.3 is 11.9 Å². The van der Waals surface area contributed by atoms with Crippen molar-refractivity contribution in [2.24, 2.45) is 5.73 Å². The highest BCUT2D eigenvalue weighted by atomic mass is 32.1. The van der Waals surface area contributed by atoms with Crippen LogP contribution in [0.1, 0.15) is 18.4 Å². The van der Waals surface area contributed by atoms with Crippen molar-refractivity contribution >= 4 is 53.2 Å². The number of carbonyl (C=O) groups excluding carboxylic acids is 3. The summed E-state index contributed by atoms with van der Waals surface area (Å²) in [5.74, 6) is -4.90. The van der Waals surface area contributed by atoms with E-state index in [1.54, 1.807) is 6.20 Å². The van der Waals surface area contributed by atoms with Crippen molar-refractivity contribution in [3.63, 3.8) is 0 Å². The minimum atomic E-state index is -1.32.